The predicted octanol–water partition coefficient (Wildman–Crippen LogP) is 7.27. The number of pyridine rings is 3. The van der Waals surface area contributed by atoms with E-state index in [0.717, 1.165) is 49.4 Å². The summed E-state index contributed by atoms with van der Waals surface area (Å²) in [5, 5.41) is 9.55. The molecule has 6 heteroatoms. The minimum absolute atomic E-state index is 0.982. The Morgan fingerprint density at radius 1 is 0.488 bits per heavy atom. The zero-order valence-electron chi connectivity index (χ0n) is 22.9. The molecule has 4 nitrogen and oxygen atoms in total. The second-order valence-electron chi connectivity index (χ2n) is 10.9. The van der Waals surface area contributed by atoms with Crippen LogP contribution in [0.1, 0.15) is 0 Å². The molecule has 0 amide bonds. The molecule has 0 saturated heterocycles. The molecular formula is C37H23N4PSe. The summed E-state index contributed by atoms with van der Waals surface area (Å²) in [6.07, 6.45) is 3.73. The van der Waals surface area contributed by atoms with Gasteiger partial charge in [-0.05, 0) is 0 Å². The first-order valence-electron chi connectivity index (χ1n) is 14.2. The molecule has 0 bridgehead atoms. The quantitative estimate of drug-likeness (QED) is 0.117. The second kappa shape index (κ2) is 9.42. The minimum atomic E-state index is -2.23. The number of benzene rings is 5. The van der Waals surface area contributed by atoms with Crippen LogP contribution in [0.25, 0.3) is 60.2 Å². The van der Waals surface area contributed by atoms with Gasteiger partial charge in [-0.2, -0.15) is 0 Å². The van der Waals surface area contributed by atoms with Gasteiger partial charge in [0.05, 0.1) is 0 Å². The van der Waals surface area contributed by atoms with Gasteiger partial charge in [-0.25, -0.2) is 0 Å². The third kappa shape index (κ3) is 3.70. The van der Waals surface area contributed by atoms with E-state index in [4.69, 9.17) is 15.0 Å². The fourth-order valence-electron chi connectivity index (χ4n) is 6.45. The van der Waals surface area contributed by atoms with Gasteiger partial charge >= 0.3 is 256 Å². The van der Waals surface area contributed by atoms with E-state index in [-0.39, 0.29) is 0 Å². The molecule has 0 radical (unpaired) electrons. The number of nitrogens with zero attached hydrogens (tertiary/aromatic N) is 4. The summed E-state index contributed by atoms with van der Waals surface area (Å²) >= 11 is 3.75. The van der Waals surface area contributed by atoms with Crippen LogP contribution in [0.5, 0.6) is 0 Å². The summed E-state index contributed by atoms with van der Waals surface area (Å²) in [6, 6.07) is 45.6. The van der Waals surface area contributed by atoms with E-state index in [1.54, 1.807) is 0 Å². The van der Waals surface area contributed by atoms with Gasteiger partial charge < -0.3 is 0 Å². The van der Waals surface area contributed by atoms with Gasteiger partial charge in [-0.3, -0.25) is 0 Å². The Balaban J connectivity index is 1.36. The molecule has 0 aliphatic carbocycles. The maximum absolute atomic E-state index is 5.30. The Hall–Kier alpha value is -4.66. The van der Waals surface area contributed by atoms with Gasteiger partial charge in [0.25, 0.3) is 0 Å². The van der Waals surface area contributed by atoms with Crippen LogP contribution >= 0.6 is 5.51 Å². The summed E-state index contributed by atoms with van der Waals surface area (Å²) in [7, 11) is 0. The van der Waals surface area contributed by atoms with E-state index in [1.807, 2.05) is 24.5 Å². The van der Waals surface area contributed by atoms with Crippen molar-refractivity contribution in [3.05, 3.63) is 140 Å². The van der Waals surface area contributed by atoms with Crippen LogP contribution in [0.2, 0.25) is 0 Å². The molecule has 9 rings (SSSR count). The van der Waals surface area contributed by atoms with Gasteiger partial charge in [-0.1, -0.05) is 0 Å². The van der Waals surface area contributed by atoms with E-state index in [0.29, 0.717) is 0 Å². The number of hydrogen-bond donors (Lipinski definition) is 0. The summed E-state index contributed by atoms with van der Waals surface area (Å²) < 4.78 is 2.32. The first kappa shape index (κ1) is 24.9. The third-order valence-electron chi connectivity index (χ3n) is 8.51. The van der Waals surface area contributed by atoms with Crippen LogP contribution in [0.3, 0.4) is 0 Å². The van der Waals surface area contributed by atoms with Crippen molar-refractivity contribution in [1.82, 2.24) is 19.4 Å². The van der Waals surface area contributed by atoms with Gasteiger partial charge in [-0.15, -0.1) is 0 Å². The van der Waals surface area contributed by atoms with E-state index < -0.39 is 5.51 Å². The molecule has 5 aromatic carbocycles. The number of hydrogen-bond acceptors (Lipinski definition) is 3. The SMILES string of the molecule is [Se]=P(c1ccc2cccnc2c1)(c1ccc2cccnc2c1)c1ccc2c(c1)nc1c3ccccc3c3ccccc3n21. The van der Waals surface area contributed by atoms with Crippen molar-refractivity contribution >= 4 is 96.7 Å². The molecule has 0 atom stereocenters. The van der Waals surface area contributed by atoms with Gasteiger partial charge in [0.15, 0.2) is 0 Å². The van der Waals surface area contributed by atoms with Crippen molar-refractivity contribution in [2.75, 3.05) is 0 Å². The summed E-state index contributed by atoms with van der Waals surface area (Å²) in [5.41, 5.74) is 3.98. The Morgan fingerprint density at radius 3 is 1.72 bits per heavy atom. The van der Waals surface area contributed by atoms with Gasteiger partial charge in [0, 0.05) is 0 Å². The molecule has 4 aromatic heterocycles. The normalized spacial score (nSPS) is 12.3. The topological polar surface area (TPSA) is 43.1 Å². The second-order valence-corrected chi connectivity index (χ2v) is 17.1. The van der Waals surface area contributed by atoms with Crippen LogP contribution in [0, 0.1) is 0 Å². The molecule has 43 heavy (non-hydrogen) atoms. The monoisotopic (exact) mass is 634 g/mol. The molecule has 4 heterocycles. The number of fused-ring (bicyclic) bond motifs is 10. The van der Waals surface area contributed by atoms with Gasteiger partial charge in [0.1, 0.15) is 0 Å². The Labute approximate surface area is 254 Å². The fraction of sp³-hybridized carbons (Fsp3) is 0. The molecule has 0 aliphatic rings. The average Bonchev–Trinajstić information content (AvgIpc) is 3.47. The summed E-state index contributed by atoms with van der Waals surface area (Å²) in [6.45, 7) is 0. The number of aromatic nitrogens is 4. The van der Waals surface area contributed by atoms with Crippen molar-refractivity contribution < 1.29 is 0 Å². The van der Waals surface area contributed by atoms with Crippen molar-refractivity contribution in [2.24, 2.45) is 0 Å². The van der Waals surface area contributed by atoms with Crippen molar-refractivity contribution in [3.63, 3.8) is 0 Å². The average molecular weight is 634 g/mol. The molecule has 0 aliphatic heterocycles. The van der Waals surface area contributed by atoms with Crippen molar-refractivity contribution in [3.8, 4) is 0 Å². The molecule has 0 saturated carbocycles. The van der Waals surface area contributed by atoms with Crippen LogP contribution in [0.4, 0.5) is 0 Å². The molecular weight excluding hydrogens is 610 g/mol. The Morgan fingerprint density at radius 2 is 1.05 bits per heavy atom. The van der Waals surface area contributed by atoms with Gasteiger partial charge in [0.2, 0.25) is 0 Å². The van der Waals surface area contributed by atoms with Crippen molar-refractivity contribution in [1.29, 1.82) is 0 Å². The first-order chi connectivity index (χ1) is 21.2. The fourth-order valence-corrected chi connectivity index (χ4v) is 11.3. The number of imidazole rings is 1. The van der Waals surface area contributed by atoms with E-state index >= 15 is 0 Å². The first-order valence-corrected chi connectivity index (χ1v) is 18.2. The Kier molecular flexibility index (Phi) is 5.45. The molecule has 0 spiro atoms. The molecule has 202 valence electrons. The predicted molar refractivity (Wildman–Crippen MR) is 183 cm³/mol. The molecule has 0 unspecified atom stereocenters. The summed E-state index contributed by atoms with van der Waals surface area (Å²) in [5.74, 6) is 0. The molecule has 0 fully saturated rings. The Bertz CT molecular complexity index is 2540. The van der Waals surface area contributed by atoms with Crippen LogP contribution in [0.15, 0.2) is 140 Å². The standard InChI is InChI=1S/C37H23N4PSe/c43-42(26-15-13-24-7-5-19-38-32(24)21-26,27-16-14-25-8-6-20-39-33(25)22-27)28-17-18-36-34(23-28)40-37-31-11-2-1-9-29(31)30-10-3-4-12-35(30)41(36)37/h1-23H. The van der Waals surface area contributed by atoms with E-state index in [9.17, 15) is 0 Å². The number of para-hydroxylation sites is 1. The van der Waals surface area contributed by atoms with Crippen LogP contribution < -0.4 is 15.9 Å². The van der Waals surface area contributed by atoms with Crippen LogP contribution in [-0.2, 0) is 0 Å². The van der Waals surface area contributed by atoms with E-state index in [2.05, 4.69) is 135 Å². The summed E-state index contributed by atoms with van der Waals surface area (Å²) in [4.78, 5) is 14.7. The maximum atomic E-state index is 5.30. The molecule has 0 N–H and O–H groups in total. The third-order valence-corrected chi connectivity index (χ3v) is 15.5. The molecule has 9 aromatic rings. The van der Waals surface area contributed by atoms with E-state index in [1.165, 1.54) is 26.7 Å². The zero-order valence-corrected chi connectivity index (χ0v) is 25.5. The van der Waals surface area contributed by atoms with Crippen LogP contribution in [-0.4, -0.2) is 34.5 Å². The zero-order chi connectivity index (χ0) is 28.5. The number of rotatable bonds is 3. The van der Waals surface area contributed by atoms with Crippen molar-refractivity contribution in [2.45, 2.75) is 0 Å².